The van der Waals surface area contributed by atoms with E-state index in [9.17, 15) is 9.18 Å². The van der Waals surface area contributed by atoms with E-state index < -0.39 is 0 Å². The minimum absolute atomic E-state index is 0.246. The number of aliphatic imine (C=N–C) groups is 1. The van der Waals surface area contributed by atoms with Crippen LogP contribution < -0.4 is 4.90 Å². The van der Waals surface area contributed by atoms with Gasteiger partial charge in [-0.1, -0.05) is 0 Å². The lowest BCUT2D eigenvalue weighted by Crippen LogP contribution is -2.49. The summed E-state index contributed by atoms with van der Waals surface area (Å²) in [6.07, 6.45) is 8.71. The molecule has 0 amide bonds. The first-order valence-corrected chi connectivity index (χ1v) is 11.7. The molecule has 0 N–H and O–H groups in total. The quantitative estimate of drug-likeness (QED) is 0.230. The number of hydrogen-bond acceptors (Lipinski definition) is 7. The van der Waals surface area contributed by atoms with E-state index in [2.05, 4.69) is 41.7 Å². The monoisotopic (exact) mass is 499 g/mol. The standard InChI is InChI=1S/C26H26FN9O/c1-28-25(23-12-19(17-36(23)29-2)21-15-32-33(3)16-21)34-8-10-35(11-9-34)26-30-13-20(14-31-26)24(37)18-4-6-22(27)7-5-18/h4-7,12-17H,2,8-11H2,1,3H3. The molecule has 1 fully saturated rings. The lowest BCUT2D eigenvalue weighted by atomic mass is 10.1. The molecule has 188 valence electrons. The van der Waals surface area contributed by atoms with E-state index in [4.69, 9.17) is 0 Å². The van der Waals surface area contributed by atoms with Crippen molar-refractivity contribution >= 4 is 24.3 Å². The molecule has 4 heterocycles. The van der Waals surface area contributed by atoms with Gasteiger partial charge in [-0.3, -0.25) is 14.5 Å². The third-order valence-corrected chi connectivity index (χ3v) is 6.30. The molecule has 0 atom stereocenters. The fourth-order valence-corrected chi connectivity index (χ4v) is 4.37. The molecule has 4 aromatic rings. The van der Waals surface area contributed by atoms with Gasteiger partial charge < -0.3 is 9.80 Å². The molecular formula is C26H26FN9O. The third-order valence-electron chi connectivity index (χ3n) is 6.30. The summed E-state index contributed by atoms with van der Waals surface area (Å²) in [5.41, 5.74) is 3.58. The van der Waals surface area contributed by atoms with Crippen molar-refractivity contribution in [1.29, 1.82) is 0 Å². The first-order chi connectivity index (χ1) is 18.0. The number of halogens is 1. The van der Waals surface area contributed by atoms with Crippen molar-refractivity contribution in [3.8, 4) is 11.1 Å². The summed E-state index contributed by atoms with van der Waals surface area (Å²) in [4.78, 5) is 30.3. The van der Waals surface area contributed by atoms with Crippen LogP contribution in [-0.4, -0.2) is 80.9 Å². The molecule has 0 radical (unpaired) electrons. The smallest absolute Gasteiger partial charge is 0.225 e. The molecule has 0 unspecified atom stereocenters. The summed E-state index contributed by atoms with van der Waals surface area (Å²) in [6, 6.07) is 7.47. The maximum absolute atomic E-state index is 13.2. The van der Waals surface area contributed by atoms with Crippen LogP contribution in [-0.2, 0) is 7.05 Å². The Hall–Kier alpha value is -4.67. The second kappa shape index (κ2) is 10.1. The van der Waals surface area contributed by atoms with Crippen LogP contribution in [0.15, 0.2) is 71.4 Å². The fraction of sp³-hybridized carbons (Fsp3) is 0.231. The molecule has 37 heavy (non-hydrogen) atoms. The van der Waals surface area contributed by atoms with Crippen molar-refractivity contribution in [1.82, 2.24) is 29.3 Å². The van der Waals surface area contributed by atoms with E-state index in [1.165, 1.54) is 36.7 Å². The van der Waals surface area contributed by atoms with Gasteiger partial charge in [0.15, 0.2) is 5.78 Å². The maximum Gasteiger partial charge on any atom is 0.225 e. The lowest BCUT2D eigenvalue weighted by molar-refractivity contribution is 0.103. The van der Waals surface area contributed by atoms with Crippen molar-refractivity contribution in [3.63, 3.8) is 0 Å². The molecule has 5 rings (SSSR count). The summed E-state index contributed by atoms with van der Waals surface area (Å²) < 4.78 is 16.6. The Morgan fingerprint density at radius 3 is 2.27 bits per heavy atom. The highest BCUT2D eigenvalue weighted by Crippen LogP contribution is 2.24. The molecular weight excluding hydrogens is 473 g/mol. The Morgan fingerprint density at radius 1 is 0.973 bits per heavy atom. The van der Waals surface area contributed by atoms with Crippen molar-refractivity contribution < 1.29 is 9.18 Å². The van der Waals surface area contributed by atoms with E-state index in [1.54, 1.807) is 16.4 Å². The molecule has 0 aliphatic carbocycles. The molecule has 1 aliphatic rings. The summed E-state index contributed by atoms with van der Waals surface area (Å²) in [5, 5.41) is 8.41. The van der Waals surface area contributed by atoms with Crippen LogP contribution in [0.2, 0.25) is 0 Å². The number of aryl methyl sites for hydroxylation is 1. The summed E-state index contributed by atoms with van der Waals surface area (Å²) >= 11 is 0. The van der Waals surface area contributed by atoms with Gasteiger partial charge in [-0.2, -0.15) is 10.2 Å². The zero-order valence-electron chi connectivity index (χ0n) is 20.6. The van der Waals surface area contributed by atoms with Crippen molar-refractivity contribution in [2.45, 2.75) is 0 Å². The number of piperazine rings is 1. The molecule has 11 heteroatoms. The topological polar surface area (TPSA) is 96.8 Å². The van der Waals surface area contributed by atoms with Crippen LogP contribution >= 0.6 is 0 Å². The Labute approximate surface area is 213 Å². The summed E-state index contributed by atoms with van der Waals surface area (Å²) in [7, 11) is 3.65. The normalized spacial score (nSPS) is 14.2. The number of carbonyl (C=O) groups is 1. The van der Waals surface area contributed by atoms with E-state index >= 15 is 0 Å². The van der Waals surface area contributed by atoms with Gasteiger partial charge in [-0.25, -0.2) is 19.0 Å². The average molecular weight is 500 g/mol. The molecule has 1 aliphatic heterocycles. The summed E-state index contributed by atoms with van der Waals surface area (Å²) in [5.74, 6) is 0.745. The fourth-order valence-electron chi connectivity index (χ4n) is 4.37. The zero-order valence-corrected chi connectivity index (χ0v) is 20.6. The van der Waals surface area contributed by atoms with Gasteiger partial charge >= 0.3 is 0 Å². The zero-order chi connectivity index (χ0) is 25.9. The van der Waals surface area contributed by atoms with Gasteiger partial charge in [0.05, 0.1) is 11.8 Å². The molecule has 3 aromatic heterocycles. The number of carbonyl (C=O) groups excluding carboxylic acids is 1. The van der Waals surface area contributed by atoms with E-state index in [-0.39, 0.29) is 11.6 Å². The second-order valence-electron chi connectivity index (χ2n) is 8.63. The van der Waals surface area contributed by atoms with Crippen LogP contribution in [0.4, 0.5) is 10.3 Å². The minimum atomic E-state index is -0.388. The minimum Gasteiger partial charge on any atom is -0.352 e. The van der Waals surface area contributed by atoms with Crippen LogP contribution in [0.3, 0.4) is 0 Å². The van der Waals surface area contributed by atoms with Gasteiger partial charge in [-0.15, -0.1) is 0 Å². The highest BCUT2D eigenvalue weighted by Gasteiger charge is 2.25. The van der Waals surface area contributed by atoms with Crippen LogP contribution in [0, 0.1) is 5.82 Å². The van der Waals surface area contributed by atoms with E-state index in [0.29, 0.717) is 43.3 Å². The van der Waals surface area contributed by atoms with Gasteiger partial charge in [-0.05, 0) is 30.3 Å². The van der Waals surface area contributed by atoms with Gasteiger partial charge in [0, 0.05) is 88.5 Å². The molecule has 0 bridgehead atoms. The molecule has 1 saturated heterocycles. The van der Waals surface area contributed by atoms with Crippen LogP contribution in [0.1, 0.15) is 21.6 Å². The Kier molecular flexibility index (Phi) is 6.59. The number of ketones is 1. The van der Waals surface area contributed by atoms with Gasteiger partial charge in [0.25, 0.3) is 0 Å². The Morgan fingerprint density at radius 2 is 1.68 bits per heavy atom. The van der Waals surface area contributed by atoms with Gasteiger partial charge in [0.1, 0.15) is 17.3 Å². The van der Waals surface area contributed by atoms with Crippen LogP contribution in [0.25, 0.3) is 11.1 Å². The Balaban J connectivity index is 1.27. The van der Waals surface area contributed by atoms with Crippen molar-refractivity contribution in [2.24, 2.45) is 17.1 Å². The highest BCUT2D eigenvalue weighted by molar-refractivity contribution is 6.08. The number of rotatable bonds is 6. The van der Waals surface area contributed by atoms with E-state index in [1.807, 2.05) is 31.7 Å². The SMILES string of the molecule is C=Nn1cc(-c2cnn(C)c2)cc1C(=NC)N1CCN(c2ncc(C(=O)c3ccc(F)cc3)cn2)CC1. The number of aromatic nitrogens is 5. The second-order valence-corrected chi connectivity index (χ2v) is 8.63. The van der Waals surface area contributed by atoms with Gasteiger partial charge in [0.2, 0.25) is 5.95 Å². The van der Waals surface area contributed by atoms with Crippen LogP contribution in [0.5, 0.6) is 0 Å². The first kappa shape index (κ1) is 24.0. The molecule has 1 aromatic carbocycles. The third kappa shape index (κ3) is 4.88. The number of anilines is 1. The van der Waals surface area contributed by atoms with Crippen molar-refractivity contribution in [2.75, 3.05) is 38.1 Å². The average Bonchev–Trinajstić information content (AvgIpc) is 3.56. The molecule has 0 spiro atoms. The number of hydrogen-bond donors (Lipinski definition) is 0. The number of amidine groups is 1. The molecule has 0 saturated carbocycles. The number of nitrogens with zero attached hydrogens (tertiary/aromatic N) is 9. The Bertz CT molecular complexity index is 1450. The first-order valence-electron chi connectivity index (χ1n) is 11.7. The summed E-state index contributed by atoms with van der Waals surface area (Å²) in [6.45, 7) is 6.49. The maximum atomic E-state index is 13.2. The highest BCUT2D eigenvalue weighted by atomic mass is 19.1. The largest absolute Gasteiger partial charge is 0.352 e. The van der Waals surface area contributed by atoms with Crippen molar-refractivity contribution in [3.05, 3.63) is 84.0 Å². The molecule has 10 nitrogen and oxygen atoms in total. The predicted molar refractivity (Wildman–Crippen MR) is 140 cm³/mol. The van der Waals surface area contributed by atoms with E-state index in [0.717, 1.165) is 22.7 Å². The number of benzene rings is 1. The predicted octanol–water partition coefficient (Wildman–Crippen LogP) is 2.71. The lowest BCUT2D eigenvalue weighted by Gasteiger charge is -2.36.